The molecular formula is C22H30IN3O3. The second-order valence-electron chi connectivity index (χ2n) is 6.62. The third-order valence-corrected chi connectivity index (χ3v) is 4.49. The average molecular weight is 511 g/mol. The Morgan fingerprint density at radius 1 is 1.07 bits per heavy atom. The molecular weight excluding hydrogens is 481 g/mol. The number of rotatable bonds is 6. The van der Waals surface area contributed by atoms with Gasteiger partial charge < -0.3 is 24.8 Å². The summed E-state index contributed by atoms with van der Waals surface area (Å²) in [5.74, 6) is 3.25. The first-order valence-corrected chi connectivity index (χ1v) is 9.75. The van der Waals surface area contributed by atoms with E-state index in [2.05, 4.69) is 40.7 Å². The van der Waals surface area contributed by atoms with Gasteiger partial charge in [-0.25, -0.2) is 0 Å². The Morgan fingerprint density at radius 3 is 2.59 bits per heavy atom. The molecule has 0 amide bonds. The molecule has 0 spiro atoms. The molecule has 2 aromatic carbocycles. The zero-order valence-electron chi connectivity index (χ0n) is 17.3. The zero-order valence-corrected chi connectivity index (χ0v) is 19.6. The minimum Gasteiger partial charge on any atom is -0.494 e. The highest BCUT2D eigenvalue weighted by Crippen LogP contribution is 2.33. The van der Waals surface area contributed by atoms with Crippen LogP contribution in [0.3, 0.4) is 0 Å². The molecule has 6 nitrogen and oxygen atoms in total. The lowest BCUT2D eigenvalue weighted by atomic mass is 10.1. The number of ether oxygens (including phenoxy) is 3. The number of nitrogens with zero attached hydrogens (tertiary/aromatic N) is 1. The maximum Gasteiger partial charge on any atom is 0.191 e. The van der Waals surface area contributed by atoms with E-state index in [1.165, 1.54) is 5.56 Å². The minimum atomic E-state index is 0. The van der Waals surface area contributed by atoms with Gasteiger partial charge in [-0.05, 0) is 31.5 Å². The Bertz CT molecular complexity index is 827. The molecule has 0 saturated carbocycles. The lowest BCUT2D eigenvalue weighted by Crippen LogP contribution is -2.36. The van der Waals surface area contributed by atoms with Crippen LogP contribution in [-0.2, 0) is 13.1 Å². The second kappa shape index (κ2) is 11.7. The number of hydrogen-bond acceptors (Lipinski definition) is 4. The summed E-state index contributed by atoms with van der Waals surface area (Å²) in [6.45, 7) is 7.28. The van der Waals surface area contributed by atoms with Crippen molar-refractivity contribution in [1.29, 1.82) is 0 Å². The number of aryl methyl sites for hydroxylation is 1. The molecule has 0 radical (unpaired) electrons. The van der Waals surface area contributed by atoms with E-state index in [0.29, 0.717) is 32.9 Å². The molecule has 2 N–H and O–H groups in total. The Kier molecular flexibility index (Phi) is 9.37. The molecule has 158 valence electrons. The molecule has 29 heavy (non-hydrogen) atoms. The van der Waals surface area contributed by atoms with Crippen molar-refractivity contribution in [3.63, 3.8) is 0 Å². The van der Waals surface area contributed by atoms with E-state index in [1.807, 2.05) is 25.1 Å². The Morgan fingerprint density at radius 2 is 1.83 bits per heavy atom. The monoisotopic (exact) mass is 511 g/mol. The molecule has 0 atom stereocenters. The Hall–Kier alpha value is -2.16. The summed E-state index contributed by atoms with van der Waals surface area (Å²) in [6.07, 6.45) is 0.892. The predicted octanol–water partition coefficient (Wildman–Crippen LogP) is 4.04. The summed E-state index contributed by atoms with van der Waals surface area (Å²) < 4.78 is 17.4. The van der Waals surface area contributed by atoms with Crippen LogP contribution in [0.4, 0.5) is 0 Å². The number of hydrogen-bond donors (Lipinski definition) is 2. The summed E-state index contributed by atoms with van der Waals surface area (Å²) in [5, 5.41) is 6.71. The van der Waals surface area contributed by atoms with Gasteiger partial charge in [0.15, 0.2) is 17.5 Å². The van der Waals surface area contributed by atoms with Crippen molar-refractivity contribution < 1.29 is 14.2 Å². The molecule has 0 fully saturated rings. The molecule has 0 saturated heterocycles. The predicted molar refractivity (Wildman–Crippen MR) is 127 cm³/mol. The fourth-order valence-electron chi connectivity index (χ4n) is 3.07. The topological polar surface area (TPSA) is 64.1 Å². The molecule has 1 heterocycles. The first-order valence-electron chi connectivity index (χ1n) is 9.75. The average Bonchev–Trinajstić information content (AvgIpc) is 2.95. The number of fused-ring (bicyclic) bond motifs is 1. The van der Waals surface area contributed by atoms with Gasteiger partial charge >= 0.3 is 0 Å². The summed E-state index contributed by atoms with van der Waals surface area (Å²) in [5.41, 5.74) is 3.33. The first-order chi connectivity index (χ1) is 13.7. The number of halogens is 1. The van der Waals surface area contributed by atoms with E-state index < -0.39 is 0 Å². The molecule has 1 aliphatic heterocycles. The van der Waals surface area contributed by atoms with Crippen molar-refractivity contribution in [2.75, 3.05) is 26.9 Å². The Labute approximate surface area is 190 Å². The van der Waals surface area contributed by atoms with Gasteiger partial charge in [0.05, 0.1) is 19.8 Å². The van der Waals surface area contributed by atoms with E-state index in [4.69, 9.17) is 14.2 Å². The second-order valence-corrected chi connectivity index (χ2v) is 6.62. The van der Waals surface area contributed by atoms with E-state index >= 15 is 0 Å². The summed E-state index contributed by atoms with van der Waals surface area (Å²) in [4.78, 5) is 4.32. The van der Waals surface area contributed by atoms with Crippen molar-refractivity contribution in [2.45, 2.75) is 33.4 Å². The smallest absolute Gasteiger partial charge is 0.191 e. The van der Waals surface area contributed by atoms with Gasteiger partial charge in [-0.2, -0.15) is 0 Å². The van der Waals surface area contributed by atoms with Crippen molar-refractivity contribution >= 4 is 29.9 Å². The largest absolute Gasteiger partial charge is 0.494 e. The number of para-hydroxylation sites is 1. The number of benzene rings is 2. The van der Waals surface area contributed by atoms with Crippen LogP contribution in [0.1, 0.15) is 30.0 Å². The normalized spacial score (nSPS) is 13.1. The summed E-state index contributed by atoms with van der Waals surface area (Å²) >= 11 is 0. The quantitative estimate of drug-likeness (QED) is 0.348. The number of aliphatic imine (C=N–C) groups is 1. The molecule has 0 bridgehead atoms. The van der Waals surface area contributed by atoms with Crippen molar-refractivity contribution in [3.05, 3.63) is 53.1 Å². The van der Waals surface area contributed by atoms with Gasteiger partial charge in [0.1, 0.15) is 5.75 Å². The van der Waals surface area contributed by atoms with Crippen molar-refractivity contribution in [2.24, 2.45) is 4.99 Å². The van der Waals surface area contributed by atoms with Gasteiger partial charge in [0.2, 0.25) is 0 Å². The van der Waals surface area contributed by atoms with Crippen LogP contribution in [0.25, 0.3) is 0 Å². The van der Waals surface area contributed by atoms with Gasteiger partial charge in [0.25, 0.3) is 0 Å². The number of guanidine groups is 1. The molecule has 0 aliphatic carbocycles. The summed E-state index contributed by atoms with van der Waals surface area (Å²) in [7, 11) is 1.76. The van der Waals surface area contributed by atoms with Crippen LogP contribution in [0.2, 0.25) is 0 Å². The van der Waals surface area contributed by atoms with Crippen LogP contribution < -0.4 is 24.8 Å². The SMILES string of the molecule is CCOc1cc(C)ccc1CNC(=NC)NCc1cccc2c1OCCCO2.I. The van der Waals surface area contributed by atoms with Gasteiger partial charge in [-0.3, -0.25) is 4.99 Å². The molecule has 7 heteroatoms. The third-order valence-electron chi connectivity index (χ3n) is 4.49. The molecule has 0 aromatic heterocycles. The molecule has 2 aromatic rings. The Balaban J connectivity index is 0.00000300. The van der Waals surface area contributed by atoms with Crippen molar-refractivity contribution in [1.82, 2.24) is 10.6 Å². The fourth-order valence-corrected chi connectivity index (χ4v) is 3.07. The van der Waals surface area contributed by atoms with Crippen molar-refractivity contribution in [3.8, 4) is 17.2 Å². The van der Waals surface area contributed by atoms with Crippen LogP contribution in [0.5, 0.6) is 17.2 Å². The lowest BCUT2D eigenvalue weighted by Gasteiger charge is -2.16. The van der Waals surface area contributed by atoms with Crippen LogP contribution in [0.15, 0.2) is 41.4 Å². The van der Waals surface area contributed by atoms with E-state index in [0.717, 1.165) is 40.8 Å². The van der Waals surface area contributed by atoms with Gasteiger partial charge in [-0.1, -0.05) is 24.3 Å². The van der Waals surface area contributed by atoms with E-state index in [9.17, 15) is 0 Å². The van der Waals surface area contributed by atoms with Crippen LogP contribution in [0, 0.1) is 6.92 Å². The van der Waals surface area contributed by atoms with Crippen LogP contribution >= 0.6 is 24.0 Å². The highest BCUT2D eigenvalue weighted by Gasteiger charge is 2.14. The van der Waals surface area contributed by atoms with Gasteiger partial charge in [-0.15, -0.1) is 24.0 Å². The minimum absolute atomic E-state index is 0. The number of nitrogens with one attached hydrogen (secondary N) is 2. The molecule has 1 aliphatic rings. The first kappa shape index (κ1) is 23.1. The van der Waals surface area contributed by atoms with Gasteiger partial charge in [0, 0.05) is 37.7 Å². The molecule has 0 unspecified atom stereocenters. The molecule has 3 rings (SSSR count). The maximum atomic E-state index is 5.89. The van der Waals surface area contributed by atoms with E-state index in [-0.39, 0.29) is 24.0 Å². The van der Waals surface area contributed by atoms with Crippen LogP contribution in [-0.4, -0.2) is 32.8 Å². The lowest BCUT2D eigenvalue weighted by molar-refractivity contribution is 0.296. The summed E-state index contributed by atoms with van der Waals surface area (Å²) in [6, 6.07) is 12.2. The van der Waals surface area contributed by atoms with E-state index in [1.54, 1.807) is 7.05 Å². The highest BCUT2D eigenvalue weighted by molar-refractivity contribution is 14.0. The maximum absolute atomic E-state index is 5.89. The highest BCUT2D eigenvalue weighted by atomic mass is 127. The third kappa shape index (κ3) is 6.42. The standard InChI is InChI=1S/C22H29N3O3.HI/c1-4-26-20-13-16(2)9-10-17(20)14-24-22(23-3)25-15-18-7-5-8-19-21(18)28-12-6-11-27-19;/h5,7-10,13H,4,6,11-12,14-15H2,1-3H3,(H2,23,24,25);1H. The fraction of sp³-hybridized carbons (Fsp3) is 0.409. The zero-order chi connectivity index (χ0) is 19.8.